The van der Waals surface area contributed by atoms with Crippen molar-refractivity contribution in [3.8, 4) is 10.7 Å². The maximum atomic E-state index is 10.8. The first-order valence-corrected chi connectivity index (χ1v) is 9.91. The van der Waals surface area contributed by atoms with Gasteiger partial charge in [0.2, 0.25) is 0 Å². The van der Waals surface area contributed by atoms with E-state index < -0.39 is 5.97 Å². The lowest BCUT2D eigenvalue weighted by atomic mass is 10.1. The third kappa shape index (κ3) is 4.28. The zero-order valence-electron chi connectivity index (χ0n) is 16.2. The minimum absolute atomic E-state index is 0.0145. The van der Waals surface area contributed by atoms with Gasteiger partial charge < -0.3 is 10.4 Å². The maximum Gasteiger partial charge on any atom is 0.307 e. The predicted molar refractivity (Wildman–Crippen MR) is 115 cm³/mol. The van der Waals surface area contributed by atoms with E-state index in [2.05, 4.69) is 31.8 Å². The van der Waals surface area contributed by atoms with E-state index in [9.17, 15) is 4.79 Å². The number of carboxylic acids is 1. The summed E-state index contributed by atoms with van der Waals surface area (Å²) in [5.74, 6) is 0.637. The van der Waals surface area contributed by atoms with Gasteiger partial charge in [0.05, 0.1) is 11.3 Å². The number of aromatic nitrogens is 2. The number of hydrogen-bond acceptors (Lipinski definition) is 5. The first kappa shape index (κ1) is 19.8. The number of rotatable bonds is 7. The molecule has 2 heterocycles. The van der Waals surface area contributed by atoms with E-state index >= 15 is 0 Å². The van der Waals surface area contributed by atoms with E-state index in [1.165, 1.54) is 4.88 Å². The smallest absolute Gasteiger partial charge is 0.307 e. The fraction of sp³-hybridized carbons (Fsp3) is 0.227. The van der Waals surface area contributed by atoms with E-state index in [0.29, 0.717) is 5.82 Å². The van der Waals surface area contributed by atoms with Gasteiger partial charge in [0.1, 0.15) is 5.82 Å². The summed E-state index contributed by atoms with van der Waals surface area (Å²) in [7, 11) is 0. The lowest BCUT2D eigenvalue weighted by molar-refractivity contribution is -0.136. The molecule has 0 saturated heterocycles. The van der Waals surface area contributed by atoms with Gasteiger partial charge in [-0.1, -0.05) is 31.7 Å². The van der Waals surface area contributed by atoms with Gasteiger partial charge in [-0.05, 0) is 49.6 Å². The first-order chi connectivity index (χ1) is 13.4. The Kier molecular flexibility index (Phi) is 5.90. The number of carboxylic acid groups (broad SMARTS) is 1. The number of nitrogens with zero attached hydrogens (tertiary/aromatic N) is 2. The quantitative estimate of drug-likeness (QED) is 0.562. The summed E-state index contributed by atoms with van der Waals surface area (Å²) in [5.41, 5.74) is 4.74. The van der Waals surface area contributed by atoms with E-state index in [-0.39, 0.29) is 6.42 Å². The number of benzene rings is 1. The molecular formula is C22H23N3O2S. The minimum atomic E-state index is -0.838. The molecule has 0 fully saturated rings. The molecule has 2 N–H and O–H groups in total. The molecule has 0 radical (unpaired) electrons. The van der Waals surface area contributed by atoms with Crippen molar-refractivity contribution in [3.05, 3.63) is 64.2 Å². The Morgan fingerprint density at radius 3 is 2.54 bits per heavy atom. The summed E-state index contributed by atoms with van der Waals surface area (Å²) in [5, 5.41) is 12.3. The largest absolute Gasteiger partial charge is 0.481 e. The highest BCUT2D eigenvalue weighted by Gasteiger charge is 2.14. The molecule has 2 aromatic heterocycles. The van der Waals surface area contributed by atoms with E-state index in [1.54, 1.807) is 11.3 Å². The molecule has 0 bridgehead atoms. The molecule has 0 aliphatic rings. The van der Waals surface area contributed by atoms with E-state index in [1.807, 2.05) is 37.3 Å². The molecule has 144 valence electrons. The van der Waals surface area contributed by atoms with Gasteiger partial charge in [-0.25, -0.2) is 9.97 Å². The highest BCUT2D eigenvalue weighted by Crippen LogP contribution is 2.32. The topological polar surface area (TPSA) is 75.1 Å². The van der Waals surface area contributed by atoms with Crippen LogP contribution in [0.15, 0.2) is 36.9 Å². The lowest BCUT2D eigenvalue weighted by Crippen LogP contribution is -2.05. The molecule has 0 saturated carbocycles. The van der Waals surface area contributed by atoms with Gasteiger partial charge in [0.15, 0.2) is 5.82 Å². The summed E-state index contributed by atoms with van der Waals surface area (Å²) < 4.78 is 0. The van der Waals surface area contributed by atoms with Crippen LogP contribution < -0.4 is 5.32 Å². The average Bonchev–Trinajstić information content (AvgIpc) is 3.03. The molecule has 5 nitrogen and oxygen atoms in total. The summed E-state index contributed by atoms with van der Waals surface area (Å²) in [6.07, 6.45) is 2.67. The molecule has 28 heavy (non-hydrogen) atoms. The van der Waals surface area contributed by atoms with Crippen LogP contribution in [0, 0.1) is 13.8 Å². The van der Waals surface area contributed by atoms with Crippen LogP contribution in [-0.4, -0.2) is 21.0 Å². The molecule has 0 amide bonds. The van der Waals surface area contributed by atoms with Crippen molar-refractivity contribution in [1.29, 1.82) is 0 Å². The number of anilines is 2. The predicted octanol–water partition coefficient (Wildman–Crippen LogP) is 5.40. The van der Waals surface area contributed by atoms with Crippen molar-refractivity contribution >= 4 is 34.9 Å². The molecule has 0 unspecified atom stereocenters. The van der Waals surface area contributed by atoms with E-state index in [0.717, 1.165) is 45.2 Å². The number of thiophene rings is 1. The van der Waals surface area contributed by atoms with Gasteiger partial charge in [0, 0.05) is 21.8 Å². The van der Waals surface area contributed by atoms with Crippen LogP contribution in [0.3, 0.4) is 0 Å². The fourth-order valence-corrected chi connectivity index (χ4v) is 4.02. The molecule has 6 heteroatoms. The van der Waals surface area contributed by atoms with Gasteiger partial charge in [0.25, 0.3) is 0 Å². The highest BCUT2D eigenvalue weighted by atomic mass is 32.1. The SMILES string of the molecule is C=Cc1cc(-c2nc(C)c(CC)c(Nc3ccc(CC(=O)O)cc3)n2)sc1C. The van der Waals surface area contributed by atoms with Crippen LogP contribution in [0.5, 0.6) is 0 Å². The van der Waals surface area contributed by atoms with Crippen molar-refractivity contribution in [1.82, 2.24) is 9.97 Å². The molecule has 3 aromatic rings. The second kappa shape index (κ2) is 8.35. The van der Waals surface area contributed by atoms with Crippen LogP contribution >= 0.6 is 11.3 Å². The normalized spacial score (nSPS) is 10.7. The Balaban J connectivity index is 1.96. The van der Waals surface area contributed by atoms with Crippen LogP contribution in [0.25, 0.3) is 16.8 Å². The third-order valence-electron chi connectivity index (χ3n) is 4.54. The zero-order valence-corrected chi connectivity index (χ0v) is 17.1. The van der Waals surface area contributed by atoms with Crippen LogP contribution in [0.4, 0.5) is 11.5 Å². The van der Waals surface area contributed by atoms with Gasteiger partial charge in [-0.2, -0.15) is 0 Å². The Bertz CT molecular complexity index is 1020. The zero-order chi connectivity index (χ0) is 20.3. The lowest BCUT2D eigenvalue weighted by Gasteiger charge is -2.14. The summed E-state index contributed by atoms with van der Waals surface area (Å²) in [6.45, 7) is 10.0. The Morgan fingerprint density at radius 1 is 1.25 bits per heavy atom. The molecule has 0 aliphatic carbocycles. The third-order valence-corrected chi connectivity index (χ3v) is 5.60. The number of nitrogens with one attached hydrogen (secondary N) is 1. The fourth-order valence-electron chi connectivity index (χ4n) is 3.06. The van der Waals surface area contributed by atoms with Crippen molar-refractivity contribution < 1.29 is 9.90 Å². The Morgan fingerprint density at radius 2 is 1.96 bits per heavy atom. The number of aryl methyl sites for hydroxylation is 2. The Labute approximate surface area is 168 Å². The standard InChI is InChI=1S/C22H23N3O2S/c1-5-16-12-19(28-14(16)4)22-23-13(3)18(6-2)21(25-22)24-17-9-7-15(8-10-17)11-20(26)27/h5,7-10,12H,1,6,11H2,2-4H3,(H,26,27)(H,23,24,25). The van der Waals surface area contributed by atoms with Crippen LogP contribution in [0.2, 0.25) is 0 Å². The molecule has 3 rings (SSSR count). The number of hydrogen-bond donors (Lipinski definition) is 2. The highest BCUT2D eigenvalue weighted by molar-refractivity contribution is 7.15. The van der Waals surface area contributed by atoms with Crippen molar-refractivity contribution in [3.63, 3.8) is 0 Å². The average molecular weight is 394 g/mol. The first-order valence-electron chi connectivity index (χ1n) is 9.09. The second-order valence-electron chi connectivity index (χ2n) is 6.53. The van der Waals surface area contributed by atoms with Crippen molar-refractivity contribution in [2.45, 2.75) is 33.6 Å². The number of carbonyl (C=O) groups is 1. The molecule has 1 aromatic carbocycles. The molecule has 0 spiro atoms. The van der Waals surface area contributed by atoms with Crippen LogP contribution in [-0.2, 0) is 17.6 Å². The molecule has 0 aliphatic heterocycles. The summed E-state index contributed by atoms with van der Waals surface area (Å²) >= 11 is 1.66. The van der Waals surface area contributed by atoms with Crippen molar-refractivity contribution in [2.75, 3.05) is 5.32 Å². The Hall–Kier alpha value is -2.99. The number of aliphatic carboxylic acids is 1. The second-order valence-corrected chi connectivity index (χ2v) is 7.79. The minimum Gasteiger partial charge on any atom is -0.481 e. The molecular weight excluding hydrogens is 370 g/mol. The maximum absolute atomic E-state index is 10.8. The van der Waals surface area contributed by atoms with Gasteiger partial charge in [-0.3, -0.25) is 4.79 Å². The summed E-state index contributed by atoms with van der Waals surface area (Å²) in [4.78, 5) is 22.5. The monoisotopic (exact) mass is 393 g/mol. The van der Waals surface area contributed by atoms with Gasteiger partial charge in [-0.15, -0.1) is 11.3 Å². The van der Waals surface area contributed by atoms with Gasteiger partial charge >= 0.3 is 5.97 Å². The van der Waals surface area contributed by atoms with Crippen molar-refractivity contribution in [2.24, 2.45) is 0 Å². The summed E-state index contributed by atoms with van der Waals surface area (Å²) in [6, 6.07) is 9.45. The van der Waals surface area contributed by atoms with E-state index in [4.69, 9.17) is 15.1 Å². The molecule has 0 atom stereocenters. The van der Waals surface area contributed by atoms with Crippen LogP contribution in [0.1, 0.15) is 34.2 Å².